The second-order valence-corrected chi connectivity index (χ2v) is 9.41. The van der Waals surface area contributed by atoms with Crippen molar-refractivity contribution in [1.29, 1.82) is 0 Å². The molecule has 0 radical (unpaired) electrons. The van der Waals surface area contributed by atoms with Crippen molar-refractivity contribution in [2.75, 3.05) is 36.0 Å². The zero-order valence-electron chi connectivity index (χ0n) is 23.9. The molecule has 4 heteroatoms. The molecule has 2 aromatic carbocycles. The maximum atomic E-state index is 5.19. The summed E-state index contributed by atoms with van der Waals surface area (Å²) in [4.78, 5) is 15.1. The molecule has 0 N–H and O–H groups in total. The van der Waals surface area contributed by atoms with Gasteiger partial charge in [0.1, 0.15) is 0 Å². The van der Waals surface area contributed by atoms with Crippen LogP contribution >= 0.6 is 0 Å². The van der Waals surface area contributed by atoms with Crippen LogP contribution in [-0.4, -0.2) is 37.6 Å². The van der Waals surface area contributed by atoms with Crippen LogP contribution in [0.5, 0.6) is 0 Å². The predicted molar refractivity (Wildman–Crippen MR) is 162 cm³/mol. The molecule has 0 aliphatic heterocycles. The van der Waals surface area contributed by atoms with Crippen molar-refractivity contribution in [2.45, 2.75) is 92.9 Å². The van der Waals surface area contributed by atoms with Crippen LogP contribution in [0.25, 0.3) is 0 Å². The zero-order chi connectivity index (χ0) is 26.2. The molecule has 0 fully saturated rings. The van der Waals surface area contributed by atoms with E-state index in [1.54, 1.807) is 0 Å². The number of unbranched alkanes of at least 4 members (excludes halogenated alkanes) is 4. The Balaban J connectivity index is 2.40. The van der Waals surface area contributed by atoms with Gasteiger partial charge in [0, 0.05) is 37.6 Å². The Hall–Kier alpha value is -2.62. The molecule has 0 saturated heterocycles. The van der Waals surface area contributed by atoms with E-state index in [9.17, 15) is 0 Å². The lowest BCUT2D eigenvalue weighted by atomic mass is 10.0. The Labute approximate surface area is 221 Å². The molecule has 0 bridgehead atoms. The standard InChI is InChI=1S/C32H50N4/c1-7-13-15-16-18-32(34-28-21-25-30(26-22-28)36(11-5)12-6)31(17-14-8-2)33-27-19-23-29(24-20-27)35(9-3)10-4/h19-26H,7-18H2,1-6H3. The van der Waals surface area contributed by atoms with Crippen LogP contribution in [-0.2, 0) is 0 Å². The lowest BCUT2D eigenvalue weighted by Gasteiger charge is -2.21. The summed E-state index contributed by atoms with van der Waals surface area (Å²) in [5, 5.41) is 0. The lowest BCUT2D eigenvalue weighted by molar-refractivity contribution is 0.683. The molecule has 0 unspecified atom stereocenters. The average molecular weight is 491 g/mol. The first kappa shape index (κ1) is 29.6. The Morgan fingerprint density at radius 1 is 0.500 bits per heavy atom. The van der Waals surface area contributed by atoms with E-state index in [0.717, 1.165) is 81.1 Å². The molecule has 0 heterocycles. The highest BCUT2D eigenvalue weighted by Gasteiger charge is 2.11. The van der Waals surface area contributed by atoms with Crippen LogP contribution in [0.2, 0.25) is 0 Å². The van der Waals surface area contributed by atoms with Crippen molar-refractivity contribution in [3.8, 4) is 0 Å². The number of nitrogens with zero attached hydrogens (tertiary/aromatic N) is 4. The van der Waals surface area contributed by atoms with E-state index in [1.807, 2.05) is 0 Å². The second-order valence-electron chi connectivity index (χ2n) is 9.41. The molecule has 2 aromatic rings. The molecule has 2 rings (SSSR count). The fourth-order valence-corrected chi connectivity index (χ4v) is 4.56. The van der Waals surface area contributed by atoms with E-state index in [2.05, 4.69) is 99.9 Å². The van der Waals surface area contributed by atoms with E-state index in [0.29, 0.717) is 0 Å². The van der Waals surface area contributed by atoms with Crippen LogP contribution in [0.1, 0.15) is 92.9 Å². The molecule has 0 aliphatic carbocycles. The number of hydrogen-bond donors (Lipinski definition) is 0. The van der Waals surface area contributed by atoms with Crippen LogP contribution in [0, 0.1) is 0 Å². The fraction of sp³-hybridized carbons (Fsp3) is 0.562. The van der Waals surface area contributed by atoms with Gasteiger partial charge in [-0.05, 0) is 102 Å². The van der Waals surface area contributed by atoms with Gasteiger partial charge in [0.15, 0.2) is 0 Å². The van der Waals surface area contributed by atoms with Gasteiger partial charge < -0.3 is 9.80 Å². The molecule has 0 atom stereocenters. The highest BCUT2D eigenvalue weighted by molar-refractivity contribution is 6.43. The molecular weight excluding hydrogens is 440 g/mol. The number of aliphatic imine (C=N–C) groups is 2. The predicted octanol–water partition coefficient (Wildman–Crippen LogP) is 9.38. The third-order valence-corrected chi connectivity index (χ3v) is 6.85. The maximum Gasteiger partial charge on any atom is 0.0635 e. The zero-order valence-corrected chi connectivity index (χ0v) is 23.9. The highest BCUT2D eigenvalue weighted by atomic mass is 15.1. The molecule has 0 aromatic heterocycles. The molecule has 4 nitrogen and oxygen atoms in total. The van der Waals surface area contributed by atoms with Gasteiger partial charge >= 0.3 is 0 Å². The van der Waals surface area contributed by atoms with E-state index in [1.165, 1.54) is 30.6 Å². The minimum absolute atomic E-state index is 0.971. The summed E-state index contributed by atoms with van der Waals surface area (Å²) >= 11 is 0. The number of rotatable bonds is 17. The van der Waals surface area contributed by atoms with Crippen molar-refractivity contribution in [2.24, 2.45) is 9.98 Å². The van der Waals surface area contributed by atoms with Crippen molar-refractivity contribution in [3.63, 3.8) is 0 Å². The van der Waals surface area contributed by atoms with Gasteiger partial charge in [-0.25, -0.2) is 0 Å². The molecular formula is C32H50N4. The Morgan fingerprint density at radius 2 is 0.889 bits per heavy atom. The minimum Gasteiger partial charge on any atom is -0.372 e. The Kier molecular flexibility index (Phi) is 13.9. The summed E-state index contributed by atoms with van der Waals surface area (Å²) in [5.74, 6) is 0. The molecule has 0 saturated carbocycles. The van der Waals surface area contributed by atoms with Gasteiger partial charge in [-0.3, -0.25) is 9.98 Å². The first-order chi connectivity index (χ1) is 17.6. The maximum absolute atomic E-state index is 5.19. The summed E-state index contributed by atoms with van der Waals surface area (Å²) in [6.07, 6.45) is 9.17. The topological polar surface area (TPSA) is 31.2 Å². The summed E-state index contributed by atoms with van der Waals surface area (Å²) < 4.78 is 0. The van der Waals surface area contributed by atoms with Crippen LogP contribution < -0.4 is 9.80 Å². The third-order valence-electron chi connectivity index (χ3n) is 6.85. The first-order valence-corrected chi connectivity index (χ1v) is 14.4. The summed E-state index contributed by atoms with van der Waals surface area (Å²) in [6, 6.07) is 17.5. The summed E-state index contributed by atoms with van der Waals surface area (Å²) in [7, 11) is 0. The molecule has 198 valence electrons. The average Bonchev–Trinajstić information content (AvgIpc) is 2.91. The SMILES string of the molecule is CCCCCCC(=Nc1ccc(N(CC)CC)cc1)C(CCCC)=Nc1ccc(N(CC)CC)cc1. The Bertz CT molecular complexity index is 904. The number of benzene rings is 2. The summed E-state index contributed by atoms with van der Waals surface area (Å²) in [5.41, 5.74) is 6.87. The monoisotopic (exact) mass is 490 g/mol. The number of hydrogen-bond acceptors (Lipinski definition) is 4. The summed E-state index contributed by atoms with van der Waals surface area (Å²) in [6.45, 7) is 17.4. The first-order valence-electron chi connectivity index (χ1n) is 14.4. The third kappa shape index (κ3) is 9.44. The van der Waals surface area contributed by atoms with Gasteiger partial charge in [-0.2, -0.15) is 0 Å². The normalized spacial score (nSPS) is 12.2. The second kappa shape index (κ2) is 16.9. The van der Waals surface area contributed by atoms with Gasteiger partial charge in [-0.1, -0.05) is 39.5 Å². The lowest BCUT2D eigenvalue weighted by Crippen LogP contribution is -2.21. The molecule has 0 spiro atoms. The van der Waals surface area contributed by atoms with E-state index in [4.69, 9.17) is 9.98 Å². The quantitative estimate of drug-likeness (QED) is 0.163. The number of anilines is 2. The van der Waals surface area contributed by atoms with Gasteiger partial charge in [-0.15, -0.1) is 0 Å². The van der Waals surface area contributed by atoms with Crippen LogP contribution in [0.4, 0.5) is 22.7 Å². The molecule has 0 amide bonds. The minimum atomic E-state index is 0.971. The Morgan fingerprint density at radius 3 is 1.25 bits per heavy atom. The molecule has 36 heavy (non-hydrogen) atoms. The fourth-order valence-electron chi connectivity index (χ4n) is 4.56. The molecule has 0 aliphatic rings. The van der Waals surface area contributed by atoms with Crippen molar-refractivity contribution >= 4 is 34.2 Å². The van der Waals surface area contributed by atoms with Crippen LogP contribution in [0.3, 0.4) is 0 Å². The largest absolute Gasteiger partial charge is 0.372 e. The van der Waals surface area contributed by atoms with E-state index >= 15 is 0 Å². The van der Waals surface area contributed by atoms with E-state index in [-0.39, 0.29) is 0 Å². The van der Waals surface area contributed by atoms with Gasteiger partial charge in [0.25, 0.3) is 0 Å². The van der Waals surface area contributed by atoms with E-state index < -0.39 is 0 Å². The van der Waals surface area contributed by atoms with Gasteiger partial charge in [0.05, 0.1) is 22.8 Å². The van der Waals surface area contributed by atoms with Crippen molar-refractivity contribution in [1.82, 2.24) is 0 Å². The van der Waals surface area contributed by atoms with Crippen LogP contribution in [0.15, 0.2) is 58.5 Å². The van der Waals surface area contributed by atoms with Crippen molar-refractivity contribution < 1.29 is 0 Å². The van der Waals surface area contributed by atoms with Crippen molar-refractivity contribution in [3.05, 3.63) is 48.5 Å². The van der Waals surface area contributed by atoms with Gasteiger partial charge in [0.2, 0.25) is 0 Å². The smallest absolute Gasteiger partial charge is 0.0635 e. The highest BCUT2D eigenvalue weighted by Crippen LogP contribution is 2.24.